The minimum absolute atomic E-state index is 0.0504. The van der Waals surface area contributed by atoms with Gasteiger partial charge in [0.2, 0.25) is 10.0 Å². The third-order valence-electron chi connectivity index (χ3n) is 4.04. The zero-order valence-corrected chi connectivity index (χ0v) is 13.7. The summed E-state index contributed by atoms with van der Waals surface area (Å²) in [7, 11) is -3.49. The first kappa shape index (κ1) is 16.5. The quantitative estimate of drug-likeness (QED) is 0.912. The summed E-state index contributed by atoms with van der Waals surface area (Å²) in [5.74, 6) is 0. The maximum atomic E-state index is 12.9. The molecule has 0 radical (unpaired) electrons. The van der Waals surface area contributed by atoms with Gasteiger partial charge < -0.3 is 5.11 Å². The van der Waals surface area contributed by atoms with Crippen LogP contribution >= 0.6 is 0 Å². The summed E-state index contributed by atoms with van der Waals surface area (Å²) in [6.45, 7) is 4.93. The Morgan fingerprint density at radius 1 is 1.10 bits per heavy atom. The van der Waals surface area contributed by atoms with Gasteiger partial charge in [0.25, 0.3) is 0 Å². The number of sulfonamides is 1. The lowest BCUT2D eigenvalue weighted by molar-refractivity contribution is 0.267. The lowest BCUT2D eigenvalue weighted by atomic mass is 10.1. The van der Waals surface area contributed by atoms with Crippen LogP contribution in [-0.4, -0.2) is 47.3 Å². The van der Waals surface area contributed by atoms with Crippen molar-refractivity contribution in [3.8, 4) is 0 Å². The van der Waals surface area contributed by atoms with E-state index in [-0.39, 0.29) is 6.61 Å². The third-order valence-corrected chi connectivity index (χ3v) is 6.19. The van der Waals surface area contributed by atoms with E-state index in [1.165, 1.54) is 6.42 Å². The molecule has 2 rings (SSSR count). The average molecular weight is 315 g/mol. The van der Waals surface area contributed by atoms with Crippen molar-refractivity contribution in [2.24, 2.45) is 0 Å². The lowest BCUT2D eigenvalue weighted by Gasteiger charge is -2.24. The Bertz CT molecular complexity index is 573. The monoisotopic (exact) mass is 315 g/mol. The molecular weight excluding hydrogens is 290 g/mol. The number of aliphatic hydroxyl groups excluding tert-OH is 1. The van der Waals surface area contributed by atoms with Crippen molar-refractivity contribution in [3.05, 3.63) is 11.4 Å². The van der Waals surface area contributed by atoms with Crippen molar-refractivity contribution in [1.29, 1.82) is 0 Å². The summed E-state index contributed by atoms with van der Waals surface area (Å²) in [5.41, 5.74) is 1.13. The number of hydrogen-bond donors (Lipinski definition) is 1. The van der Waals surface area contributed by atoms with E-state index in [0.29, 0.717) is 35.9 Å². The molecule has 7 heteroatoms. The maximum Gasteiger partial charge on any atom is 0.246 e. The van der Waals surface area contributed by atoms with Crippen molar-refractivity contribution in [1.82, 2.24) is 14.1 Å². The van der Waals surface area contributed by atoms with Crippen molar-refractivity contribution in [2.45, 2.75) is 57.4 Å². The summed E-state index contributed by atoms with van der Waals surface area (Å²) in [4.78, 5) is 0.316. The van der Waals surface area contributed by atoms with Crippen LogP contribution in [0.3, 0.4) is 0 Å². The molecule has 0 bridgehead atoms. The highest BCUT2D eigenvalue weighted by Crippen LogP contribution is 2.25. The smallest absolute Gasteiger partial charge is 0.246 e. The molecule has 0 unspecified atom stereocenters. The number of aliphatic hydroxyl groups is 1. The van der Waals surface area contributed by atoms with E-state index >= 15 is 0 Å². The van der Waals surface area contributed by atoms with Crippen molar-refractivity contribution >= 4 is 10.0 Å². The van der Waals surface area contributed by atoms with Crippen LogP contribution in [0.5, 0.6) is 0 Å². The molecule has 1 aliphatic heterocycles. The Labute approximate surface area is 126 Å². The molecule has 1 N–H and O–H groups in total. The highest BCUT2D eigenvalue weighted by atomic mass is 32.2. The first-order chi connectivity index (χ1) is 9.98. The van der Waals surface area contributed by atoms with Crippen LogP contribution in [-0.2, 0) is 16.6 Å². The normalized spacial score (nSPS) is 18.4. The molecule has 1 fully saturated rings. The van der Waals surface area contributed by atoms with Crippen LogP contribution in [0.15, 0.2) is 4.90 Å². The van der Waals surface area contributed by atoms with Gasteiger partial charge in [-0.25, -0.2) is 8.42 Å². The third kappa shape index (κ3) is 3.46. The highest BCUT2D eigenvalue weighted by molar-refractivity contribution is 7.89. The molecule has 120 valence electrons. The van der Waals surface area contributed by atoms with Gasteiger partial charge in [0.1, 0.15) is 4.90 Å². The summed E-state index contributed by atoms with van der Waals surface area (Å²) in [5, 5.41) is 13.3. The standard InChI is InChI=1S/C14H25N3O3S/c1-12-14(13(2)17(15-12)10-11-18)21(19,20)16-8-6-4-3-5-7-9-16/h18H,3-11H2,1-2H3. The van der Waals surface area contributed by atoms with E-state index in [1.807, 2.05) is 0 Å². The van der Waals surface area contributed by atoms with Crippen LogP contribution in [0, 0.1) is 13.8 Å². The molecule has 0 amide bonds. The molecule has 1 aliphatic rings. The fraction of sp³-hybridized carbons (Fsp3) is 0.786. The molecule has 1 aromatic rings. The van der Waals surface area contributed by atoms with Gasteiger partial charge in [-0.2, -0.15) is 9.40 Å². The Morgan fingerprint density at radius 2 is 1.67 bits per heavy atom. The molecule has 1 aromatic heterocycles. The molecule has 0 aliphatic carbocycles. The molecular formula is C14H25N3O3S. The van der Waals surface area contributed by atoms with Crippen molar-refractivity contribution in [2.75, 3.05) is 19.7 Å². The van der Waals surface area contributed by atoms with Gasteiger partial charge in [-0.15, -0.1) is 0 Å². The summed E-state index contributed by atoms with van der Waals surface area (Å²) in [6.07, 6.45) is 5.21. The fourth-order valence-corrected chi connectivity index (χ4v) is 4.84. The zero-order chi connectivity index (χ0) is 15.5. The van der Waals surface area contributed by atoms with Crippen LogP contribution in [0.2, 0.25) is 0 Å². The molecule has 0 spiro atoms. The molecule has 2 heterocycles. The number of aryl methyl sites for hydroxylation is 1. The largest absolute Gasteiger partial charge is 0.394 e. The Hall–Kier alpha value is -0.920. The minimum Gasteiger partial charge on any atom is -0.394 e. The van der Waals surface area contributed by atoms with E-state index in [4.69, 9.17) is 5.11 Å². The van der Waals surface area contributed by atoms with Gasteiger partial charge in [-0.1, -0.05) is 19.3 Å². The molecule has 0 saturated carbocycles. The number of hydrogen-bond acceptors (Lipinski definition) is 4. The van der Waals surface area contributed by atoms with Crippen LogP contribution < -0.4 is 0 Å². The van der Waals surface area contributed by atoms with E-state index in [9.17, 15) is 8.42 Å². The predicted molar refractivity (Wildman–Crippen MR) is 80.6 cm³/mol. The summed E-state index contributed by atoms with van der Waals surface area (Å²) < 4.78 is 29.0. The van der Waals surface area contributed by atoms with E-state index < -0.39 is 10.0 Å². The molecule has 0 aromatic carbocycles. The van der Waals surface area contributed by atoms with E-state index in [0.717, 1.165) is 25.7 Å². The van der Waals surface area contributed by atoms with Gasteiger partial charge >= 0.3 is 0 Å². The van der Waals surface area contributed by atoms with Gasteiger partial charge in [0.15, 0.2) is 0 Å². The summed E-state index contributed by atoms with van der Waals surface area (Å²) >= 11 is 0. The predicted octanol–water partition coefficient (Wildman–Crippen LogP) is 1.45. The first-order valence-corrected chi connectivity index (χ1v) is 9.07. The molecule has 0 atom stereocenters. The molecule has 6 nitrogen and oxygen atoms in total. The Morgan fingerprint density at radius 3 is 2.24 bits per heavy atom. The molecule has 21 heavy (non-hydrogen) atoms. The number of nitrogens with zero attached hydrogens (tertiary/aromatic N) is 3. The Kier molecular flexibility index (Phi) is 5.40. The second-order valence-corrected chi connectivity index (χ2v) is 7.49. The minimum atomic E-state index is -3.49. The number of aromatic nitrogens is 2. The second kappa shape index (κ2) is 6.89. The maximum absolute atomic E-state index is 12.9. The summed E-state index contributed by atoms with van der Waals surface area (Å²) in [6, 6.07) is 0. The SMILES string of the molecule is Cc1nn(CCO)c(C)c1S(=O)(=O)N1CCCCCCC1. The van der Waals surface area contributed by atoms with Gasteiger partial charge in [-0.3, -0.25) is 4.68 Å². The fourth-order valence-electron chi connectivity index (χ4n) is 2.95. The van der Waals surface area contributed by atoms with E-state index in [1.54, 1.807) is 22.8 Å². The first-order valence-electron chi connectivity index (χ1n) is 7.63. The van der Waals surface area contributed by atoms with Gasteiger partial charge in [0, 0.05) is 13.1 Å². The van der Waals surface area contributed by atoms with Crippen molar-refractivity contribution < 1.29 is 13.5 Å². The zero-order valence-electron chi connectivity index (χ0n) is 12.9. The van der Waals surface area contributed by atoms with Gasteiger partial charge in [0.05, 0.1) is 24.5 Å². The lowest BCUT2D eigenvalue weighted by Crippen LogP contribution is -2.34. The Balaban J connectivity index is 2.33. The second-order valence-electron chi connectivity index (χ2n) is 5.62. The van der Waals surface area contributed by atoms with Crippen LogP contribution in [0.4, 0.5) is 0 Å². The van der Waals surface area contributed by atoms with E-state index in [2.05, 4.69) is 5.10 Å². The van der Waals surface area contributed by atoms with Crippen LogP contribution in [0.25, 0.3) is 0 Å². The van der Waals surface area contributed by atoms with Crippen LogP contribution in [0.1, 0.15) is 43.5 Å². The van der Waals surface area contributed by atoms with Crippen molar-refractivity contribution in [3.63, 3.8) is 0 Å². The topological polar surface area (TPSA) is 75.4 Å². The average Bonchev–Trinajstić information content (AvgIpc) is 2.64. The van der Waals surface area contributed by atoms with Gasteiger partial charge in [-0.05, 0) is 26.7 Å². The molecule has 1 saturated heterocycles. The highest BCUT2D eigenvalue weighted by Gasteiger charge is 2.30. The number of rotatable bonds is 4.